The van der Waals surface area contributed by atoms with E-state index in [-0.39, 0.29) is 33.9 Å². The number of piperidine rings is 1. The first kappa shape index (κ1) is 17.2. The molecule has 0 spiro atoms. The first-order valence-electron chi connectivity index (χ1n) is 5.90. The van der Waals surface area contributed by atoms with Crippen LogP contribution in [0.4, 0.5) is 0 Å². The largest absolute Gasteiger partial charge is 0.328 e. The molecule has 1 saturated heterocycles. The Hall–Kier alpha value is -0.840. The fourth-order valence-electron chi connectivity index (χ4n) is 2.01. The molecule has 20 heavy (non-hydrogen) atoms. The van der Waals surface area contributed by atoms with Crippen LogP contribution in [0.2, 0.25) is 5.02 Å². The minimum Gasteiger partial charge on any atom is -0.328 e. The molecule has 1 aliphatic heterocycles. The van der Waals surface area contributed by atoms with Crippen molar-refractivity contribution in [2.24, 2.45) is 5.73 Å². The second-order valence-electron chi connectivity index (χ2n) is 4.49. The van der Waals surface area contributed by atoms with Crippen molar-refractivity contribution >= 4 is 34.0 Å². The lowest BCUT2D eigenvalue weighted by atomic mass is 10.1. The molecular weight excluding hydrogens is 321 g/mol. The van der Waals surface area contributed by atoms with E-state index in [1.54, 1.807) is 0 Å². The number of rotatable bonds is 2. The fourth-order valence-corrected chi connectivity index (χ4v) is 3.80. The molecule has 0 atom stereocenters. The summed E-state index contributed by atoms with van der Waals surface area (Å²) in [7, 11) is -3.55. The molecule has 0 aliphatic carbocycles. The van der Waals surface area contributed by atoms with Gasteiger partial charge in [-0.2, -0.15) is 9.57 Å². The van der Waals surface area contributed by atoms with Gasteiger partial charge in [0.25, 0.3) is 0 Å². The summed E-state index contributed by atoms with van der Waals surface area (Å²) in [6.45, 7) is 0.836. The highest BCUT2D eigenvalue weighted by Crippen LogP contribution is 2.24. The normalized spacial score (nSPS) is 17.2. The van der Waals surface area contributed by atoms with E-state index in [0.717, 1.165) is 0 Å². The van der Waals surface area contributed by atoms with Crippen LogP contribution in [-0.2, 0) is 10.0 Å². The minimum absolute atomic E-state index is 0. The summed E-state index contributed by atoms with van der Waals surface area (Å²) >= 11 is 5.87. The molecular formula is C12H15Cl2N3O2S. The number of nitriles is 1. The predicted octanol–water partition coefficient (Wildman–Crippen LogP) is 1.75. The molecule has 110 valence electrons. The Morgan fingerprint density at radius 1 is 1.35 bits per heavy atom. The standard InChI is InChI=1S/C12H14ClN3O2S.ClH/c13-12-7-11(2-1-9(12)8-14)19(17,18)16-5-3-10(15)4-6-16;/h1-2,7,10H,3-6,15H2;1H. The highest BCUT2D eigenvalue weighted by molar-refractivity contribution is 7.89. The van der Waals surface area contributed by atoms with Crippen molar-refractivity contribution in [2.75, 3.05) is 13.1 Å². The van der Waals surface area contributed by atoms with Crippen LogP contribution in [0.25, 0.3) is 0 Å². The molecule has 0 unspecified atom stereocenters. The van der Waals surface area contributed by atoms with E-state index >= 15 is 0 Å². The van der Waals surface area contributed by atoms with Crippen LogP contribution in [0.5, 0.6) is 0 Å². The van der Waals surface area contributed by atoms with Gasteiger partial charge >= 0.3 is 0 Å². The van der Waals surface area contributed by atoms with E-state index in [9.17, 15) is 8.42 Å². The smallest absolute Gasteiger partial charge is 0.243 e. The molecule has 1 aliphatic rings. The Morgan fingerprint density at radius 2 is 1.95 bits per heavy atom. The summed E-state index contributed by atoms with van der Waals surface area (Å²) < 4.78 is 26.2. The molecule has 1 aromatic rings. The third-order valence-electron chi connectivity index (χ3n) is 3.20. The van der Waals surface area contributed by atoms with Crippen molar-refractivity contribution < 1.29 is 8.42 Å². The summed E-state index contributed by atoms with van der Waals surface area (Å²) in [5.41, 5.74) is 6.03. The van der Waals surface area contributed by atoms with Gasteiger partial charge in [0.2, 0.25) is 10.0 Å². The maximum Gasteiger partial charge on any atom is 0.243 e. The van der Waals surface area contributed by atoms with Crippen molar-refractivity contribution in [1.29, 1.82) is 5.26 Å². The first-order chi connectivity index (χ1) is 8.95. The van der Waals surface area contributed by atoms with Gasteiger partial charge < -0.3 is 5.73 Å². The SMILES string of the molecule is Cl.N#Cc1ccc(S(=O)(=O)N2CCC(N)CC2)cc1Cl. The van der Waals surface area contributed by atoms with E-state index in [4.69, 9.17) is 22.6 Å². The molecule has 0 amide bonds. The van der Waals surface area contributed by atoms with Gasteiger partial charge in [0.15, 0.2) is 0 Å². The highest BCUT2D eigenvalue weighted by atomic mass is 35.5. The van der Waals surface area contributed by atoms with Crippen molar-refractivity contribution in [2.45, 2.75) is 23.8 Å². The topological polar surface area (TPSA) is 87.2 Å². The quantitative estimate of drug-likeness (QED) is 0.891. The van der Waals surface area contributed by atoms with Crippen LogP contribution in [0.3, 0.4) is 0 Å². The van der Waals surface area contributed by atoms with E-state index in [1.807, 2.05) is 6.07 Å². The maximum absolute atomic E-state index is 12.4. The van der Waals surface area contributed by atoms with Crippen LogP contribution in [0, 0.1) is 11.3 Å². The maximum atomic E-state index is 12.4. The third-order valence-corrected chi connectivity index (χ3v) is 5.40. The molecule has 8 heteroatoms. The van der Waals surface area contributed by atoms with Crippen LogP contribution >= 0.6 is 24.0 Å². The van der Waals surface area contributed by atoms with Gasteiger partial charge in [-0.05, 0) is 31.0 Å². The number of nitrogens with two attached hydrogens (primary N) is 1. The molecule has 2 N–H and O–H groups in total. The number of nitrogens with zero attached hydrogens (tertiary/aromatic N) is 2. The number of sulfonamides is 1. The first-order valence-corrected chi connectivity index (χ1v) is 7.72. The van der Waals surface area contributed by atoms with E-state index in [0.29, 0.717) is 25.9 Å². The molecule has 1 aromatic carbocycles. The molecule has 0 radical (unpaired) electrons. The third kappa shape index (κ3) is 3.43. The molecule has 2 rings (SSSR count). The Bertz CT molecular complexity index is 620. The number of hydrogen-bond donors (Lipinski definition) is 1. The second-order valence-corrected chi connectivity index (χ2v) is 6.84. The Kier molecular flexibility index (Phi) is 5.80. The highest BCUT2D eigenvalue weighted by Gasteiger charge is 2.28. The van der Waals surface area contributed by atoms with Gasteiger partial charge in [-0.25, -0.2) is 8.42 Å². The Morgan fingerprint density at radius 3 is 2.45 bits per heavy atom. The average molecular weight is 336 g/mol. The average Bonchev–Trinajstić information content (AvgIpc) is 2.39. The summed E-state index contributed by atoms with van der Waals surface area (Å²) in [6.07, 6.45) is 1.31. The summed E-state index contributed by atoms with van der Waals surface area (Å²) in [5, 5.41) is 8.93. The number of benzene rings is 1. The van der Waals surface area contributed by atoms with Gasteiger partial charge in [0.05, 0.1) is 15.5 Å². The van der Waals surface area contributed by atoms with Crippen molar-refractivity contribution in [1.82, 2.24) is 4.31 Å². The lowest BCUT2D eigenvalue weighted by molar-refractivity contribution is 0.320. The predicted molar refractivity (Wildman–Crippen MR) is 79.4 cm³/mol. The van der Waals surface area contributed by atoms with E-state index in [1.165, 1.54) is 22.5 Å². The van der Waals surface area contributed by atoms with Gasteiger partial charge in [-0.3, -0.25) is 0 Å². The molecule has 0 aromatic heterocycles. The molecule has 0 saturated carbocycles. The molecule has 0 bridgehead atoms. The lowest BCUT2D eigenvalue weighted by Crippen LogP contribution is -2.42. The van der Waals surface area contributed by atoms with Crippen molar-refractivity contribution in [3.63, 3.8) is 0 Å². The van der Waals surface area contributed by atoms with Gasteiger partial charge in [0, 0.05) is 19.1 Å². The van der Waals surface area contributed by atoms with E-state index < -0.39 is 10.0 Å². The van der Waals surface area contributed by atoms with Gasteiger partial charge in [0.1, 0.15) is 6.07 Å². The lowest BCUT2D eigenvalue weighted by Gasteiger charge is -2.29. The van der Waals surface area contributed by atoms with Crippen molar-refractivity contribution in [3.05, 3.63) is 28.8 Å². The van der Waals surface area contributed by atoms with Crippen LogP contribution in [-0.4, -0.2) is 31.9 Å². The second kappa shape index (κ2) is 6.74. The minimum atomic E-state index is -3.55. The zero-order valence-electron chi connectivity index (χ0n) is 10.6. The van der Waals surface area contributed by atoms with Gasteiger partial charge in [-0.15, -0.1) is 12.4 Å². The van der Waals surface area contributed by atoms with Crippen LogP contribution in [0.15, 0.2) is 23.1 Å². The summed E-state index contributed by atoms with van der Waals surface area (Å²) in [4.78, 5) is 0.118. The Labute approximate surface area is 129 Å². The van der Waals surface area contributed by atoms with Crippen LogP contribution < -0.4 is 5.73 Å². The number of halogens is 2. The zero-order valence-corrected chi connectivity index (χ0v) is 13.0. The Balaban J connectivity index is 0.00000200. The van der Waals surface area contributed by atoms with Crippen LogP contribution in [0.1, 0.15) is 18.4 Å². The summed E-state index contributed by atoms with van der Waals surface area (Å²) in [6, 6.07) is 6.12. The molecule has 1 fully saturated rings. The number of hydrogen-bond acceptors (Lipinski definition) is 4. The van der Waals surface area contributed by atoms with E-state index in [2.05, 4.69) is 0 Å². The monoisotopic (exact) mass is 335 g/mol. The molecule has 5 nitrogen and oxygen atoms in total. The fraction of sp³-hybridized carbons (Fsp3) is 0.417. The van der Waals surface area contributed by atoms with Crippen molar-refractivity contribution in [3.8, 4) is 6.07 Å². The zero-order chi connectivity index (χ0) is 14.0. The molecule has 1 heterocycles. The summed E-state index contributed by atoms with van der Waals surface area (Å²) in [5.74, 6) is 0. The van der Waals surface area contributed by atoms with Gasteiger partial charge in [-0.1, -0.05) is 11.6 Å².